The van der Waals surface area contributed by atoms with Gasteiger partial charge in [0.1, 0.15) is 17.6 Å². The van der Waals surface area contributed by atoms with Crippen LogP contribution in [0.3, 0.4) is 0 Å². The van der Waals surface area contributed by atoms with Crippen LogP contribution in [-0.2, 0) is 26.5 Å². The highest BCUT2D eigenvalue weighted by Gasteiger charge is 2.38. The molecule has 3 atom stereocenters. The monoisotopic (exact) mass is 550 g/mol. The van der Waals surface area contributed by atoms with Crippen LogP contribution < -0.4 is 15.5 Å². The minimum Gasteiger partial charge on any atom is -0.372 e. The Hall–Kier alpha value is -3.92. The Morgan fingerprint density at radius 3 is 2.77 bits per heavy atom. The number of carbonyl (C=O) groups excluding carboxylic acids is 2. The van der Waals surface area contributed by atoms with Crippen molar-refractivity contribution in [2.45, 2.75) is 38.3 Å². The van der Waals surface area contributed by atoms with Gasteiger partial charge in [0, 0.05) is 29.6 Å². The number of hydrogen-bond donors (Lipinski definition) is 2. The van der Waals surface area contributed by atoms with E-state index in [4.69, 9.17) is 14.5 Å². The standard InChI is InChI=1S/C27H27FN6O4S/c1-16-10-34(11-17(2)38-16)23-5-3-4-21(31-23)22-13-39-26(32-22)33-24(35)9-30-25(36)18-6-7-19-12-37-15-27(28,14-29)20(19)8-18/h3-8,13,16-17H,9-12,15H2,1-2H3,(H,30,36)(H,32,33,35)/t16-,17+,27-/m0/s1. The maximum Gasteiger partial charge on any atom is 0.251 e. The molecule has 0 aliphatic carbocycles. The van der Waals surface area contributed by atoms with Gasteiger partial charge in [-0.3, -0.25) is 9.59 Å². The van der Waals surface area contributed by atoms with E-state index in [-0.39, 0.29) is 36.5 Å². The first-order valence-electron chi connectivity index (χ1n) is 12.5. The number of hydrogen-bond acceptors (Lipinski definition) is 9. The van der Waals surface area contributed by atoms with E-state index in [1.807, 2.05) is 32.0 Å². The molecule has 2 amide bonds. The van der Waals surface area contributed by atoms with Gasteiger partial charge in [-0.1, -0.05) is 12.1 Å². The van der Waals surface area contributed by atoms with E-state index in [2.05, 4.69) is 20.5 Å². The lowest BCUT2D eigenvalue weighted by atomic mass is 9.89. The third kappa shape index (κ3) is 5.90. The summed E-state index contributed by atoms with van der Waals surface area (Å²) in [5, 5.41) is 16.6. The molecule has 2 aliphatic heterocycles. The van der Waals surface area contributed by atoms with Gasteiger partial charge < -0.3 is 25.0 Å². The fourth-order valence-corrected chi connectivity index (χ4v) is 5.39. The lowest BCUT2D eigenvalue weighted by Crippen LogP contribution is -2.45. The van der Waals surface area contributed by atoms with Crippen molar-refractivity contribution >= 4 is 34.1 Å². The molecule has 2 aromatic heterocycles. The summed E-state index contributed by atoms with van der Waals surface area (Å²) in [6.45, 7) is 5.02. The number of nitrogens with zero attached hydrogens (tertiary/aromatic N) is 4. The second kappa shape index (κ2) is 11.1. The highest BCUT2D eigenvalue weighted by Crippen LogP contribution is 2.34. The van der Waals surface area contributed by atoms with E-state index >= 15 is 0 Å². The summed E-state index contributed by atoms with van der Waals surface area (Å²) >= 11 is 1.25. The van der Waals surface area contributed by atoms with Crippen LogP contribution in [0.2, 0.25) is 0 Å². The lowest BCUT2D eigenvalue weighted by Gasteiger charge is -2.36. The molecule has 202 valence electrons. The molecule has 0 radical (unpaired) electrons. The van der Waals surface area contributed by atoms with Gasteiger partial charge in [0.05, 0.1) is 37.7 Å². The maximum absolute atomic E-state index is 14.9. The highest BCUT2D eigenvalue weighted by molar-refractivity contribution is 7.14. The van der Waals surface area contributed by atoms with E-state index in [0.717, 1.165) is 18.9 Å². The topological polar surface area (TPSA) is 129 Å². The van der Waals surface area contributed by atoms with Gasteiger partial charge in [0.25, 0.3) is 5.91 Å². The van der Waals surface area contributed by atoms with Crippen LogP contribution in [0.1, 0.15) is 35.3 Å². The van der Waals surface area contributed by atoms with Crippen molar-refractivity contribution in [3.05, 3.63) is 58.5 Å². The molecule has 10 nitrogen and oxygen atoms in total. The Kier molecular flexibility index (Phi) is 7.56. The van der Waals surface area contributed by atoms with E-state index in [1.165, 1.54) is 23.5 Å². The SMILES string of the molecule is C[C@@H]1CN(c2cccc(-c3csc(NC(=O)CNC(=O)c4ccc5c(c4)[C@](F)(C#N)COC5)n3)n2)C[C@H](C)O1. The Morgan fingerprint density at radius 1 is 1.21 bits per heavy atom. The number of nitrogens with one attached hydrogen (secondary N) is 2. The minimum absolute atomic E-state index is 0.109. The fraction of sp³-hybridized carbons (Fsp3) is 0.370. The summed E-state index contributed by atoms with van der Waals surface area (Å²) in [7, 11) is 0. The molecule has 4 heterocycles. The maximum atomic E-state index is 14.9. The lowest BCUT2D eigenvalue weighted by molar-refractivity contribution is -0.115. The first kappa shape index (κ1) is 26.7. The molecular weight excluding hydrogens is 523 g/mol. The van der Waals surface area contributed by atoms with Crippen molar-refractivity contribution in [1.82, 2.24) is 15.3 Å². The number of alkyl halides is 1. The van der Waals surface area contributed by atoms with Crippen LogP contribution in [0.4, 0.5) is 15.3 Å². The average molecular weight is 551 g/mol. The number of anilines is 2. The minimum atomic E-state index is -2.32. The Balaban J connectivity index is 1.19. The first-order valence-corrected chi connectivity index (χ1v) is 13.3. The van der Waals surface area contributed by atoms with Crippen molar-refractivity contribution in [2.75, 3.05) is 36.5 Å². The predicted molar refractivity (Wildman–Crippen MR) is 143 cm³/mol. The van der Waals surface area contributed by atoms with Gasteiger partial charge in [-0.25, -0.2) is 14.4 Å². The molecule has 1 aromatic carbocycles. The number of ether oxygens (including phenoxy) is 2. The van der Waals surface area contributed by atoms with Gasteiger partial charge in [-0.15, -0.1) is 11.3 Å². The molecule has 3 aromatic rings. The summed E-state index contributed by atoms with van der Waals surface area (Å²) in [5.41, 5.74) is -0.249. The van der Waals surface area contributed by atoms with Crippen molar-refractivity contribution < 1.29 is 23.5 Å². The second-order valence-corrected chi connectivity index (χ2v) is 10.4. The number of carbonyl (C=O) groups is 2. The summed E-state index contributed by atoms with van der Waals surface area (Å²) in [5.74, 6) is -0.192. The number of benzene rings is 1. The Labute approximate surface area is 228 Å². The number of rotatable bonds is 6. The zero-order chi connectivity index (χ0) is 27.6. The number of amides is 2. The van der Waals surface area contributed by atoms with E-state index in [0.29, 0.717) is 22.1 Å². The molecule has 0 spiro atoms. The zero-order valence-corrected chi connectivity index (χ0v) is 22.3. The van der Waals surface area contributed by atoms with Crippen LogP contribution in [0.5, 0.6) is 0 Å². The van der Waals surface area contributed by atoms with Crippen LogP contribution in [0.15, 0.2) is 41.8 Å². The fourth-order valence-electron chi connectivity index (χ4n) is 4.67. The van der Waals surface area contributed by atoms with Crippen molar-refractivity contribution in [2.24, 2.45) is 0 Å². The zero-order valence-electron chi connectivity index (χ0n) is 21.4. The Morgan fingerprint density at radius 2 is 2.00 bits per heavy atom. The van der Waals surface area contributed by atoms with Crippen LogP contribution in [0.25, 0.3) is 11.4 Å². The summed E-state index contributed by atoms with van der Waals surface area (Å²) in [6.07, 6.45) is 0.217. The predicted octanol–water partition coefficient (Wildman–Crippen LogP) is 3.41. The van der Waals surface area contributed by atoms with Crippen molar-refractivity contribution in [1.29, 1.82) is 5.26 Å². The van der Waals surface area contributed by atoms with E-state index in [1.54, 1.807) is 17.5 Å². The summed E-state index contributed by atoms with van der Waals surface area (Å²) in [4.78, 5) is 36.5. The number of fused-ring (bicyclic) bond motifs is 1. The molecule has 2 N–H and O–H groups in total. The number of pyridine rings is 1. The van der Waals surface area contributed by atoms with E-state index < -0.39 is 24.1 Å². The molecule has 1 saturated heterocycles. The molecule has 12 heteroatoms. The second-order valence-electron chi connectivity index (χ2n) is 9.59. The van der Waals surface area contributed by atoms with Crippen molar-refractivity contribution in [3.8, 4) is 17.5 Å². The molecule has 2 aliphatic rings. The quantitative estimate of drug-likeness (QED) is 0.478. The van der Waals surface area contributed by atoms with Gasteiger partial charge in [-0.05, 0) is 43.7 Å². The molecule has 0 bridgehead atoms. The van der Waals surface area contributed by atoms with E-state index in [9.17, 15) is 19.2 Å². The van der Waals surface area contributed by atoms with Crippen LogP contribution in [-0.4, -0.2) is 60.2 Å². The average Bonchev–Trinajstić information content (AvgIpc) is 3.40. The number of aromatic nitrogens is 2. The summed E-state index contributed by atoms with van der Waals surface area (Å²) < 4.78 is 25.8. The van der Waals surface area contributed by atoms with Gasteiger partial charge in [0.2, 0.25) is 11.6 Å². The third-order valence-corrected chi connectivity index (χ3v) is 7.19. The number of thiazole rings is 1. The largest absolute Gasteiger partial charge is 0.372 e. The highest BCUT2D eigenvalue weighted by atomic mass is 32.1. The smallest absolute Gasteiger partial charge is 0.251 e. The molecular formula is C27H27FN6O4S. The van der Waals surface area contributed by atoms with Gasteiger partial charge in [0.15, 0.2) is 5.13 Å². The third-order valence-electron chi connectivity index (χ3n) is 6.44. The van der Waals surface area contributed by atoms with Crippen LogP contribution >= 0.6 is 11.3 Å². The van der Waals surface area contributed by atoms with Gasteiger partial charge in [-0.2, -0.15) is 5.26 Å². The first-order chi connectivity index (χ1) is 18.7. The molecule has 0 unspecified atom stereocenters. The van der Waals surface area contributed by atoms with Crippen LogP contribution in [0, 0.1) is 11.3 Å². The normalized spacial score (nSPS) is 22.5. The number of nitriles is 1. The molecule has 5 rings (SSSR count). The van der Waals surface area contributed by atoms with Crippen molar-refractivity contribution in [3.63, 3.8) is 0 Å². The number of morpholine rings is 1. The molecule has 0 saturated carbocycles. The number of halogens is 1. The molecule has 39 heavy (non-hydrogen) atoms. The summed E-state index contributed by atoms with van der Waals surface area (Å²) in [6, 6.07) is 11.7. The van der Waals surface area contributed by atoms with Gasteiger partial charge >= 0.3 is 0 Å². The Bertz CT molecular complexity index is 1430. The molecule has 1 fully saturated rings.